The van der Waals surface area contributed by atoms with E-state index in [1.54, 1.807) is 0 Å². The number of nitrogens with zero attached hydrogens (tertiary/aromatic N) is 2. The van der Waals surface area contributed by atoms with Gasteiger partial charge in [-0.05, 0) is 18.3 Å². The average Bonchev–Trinajstić information content (AvgIpc) is 2.48. The van der Waals surface area contributed by atoms with E-state index in [1.165, 1.54) is 25.7 Å². The number of carbonyl (C=O) groups is 1. The Balaban J connectivity index is 1.78. The molecule has 4 heteroatoms. The number of hydrogen-bond donors (Lipinski definition) is 1. The van der Waals surface area contributed by atoms with E-state index in [0.717, 1.165) is 39.3 Å². The zero-order valence-electron chi connectivity index (χ0n) is 12.6. The van der Waals surface area contributed by atoms with Gasteiger partial charge in [-0.25, -0.2) is 0 Å². The van der Waals surface area contributed by atoms with Crippen molar-refractivity contribution < 1.29 is 4.79 Å². The first-order valence-electron chi connectivity index (χ1n) is 7.90. The number of carbonyl (C=O) groups excluding carboxylic acids is 1. The highest BCUT2D eigenvalue weighted by Crippen LogP contribution is 2.37. The maximum Gasteiger partial charge on any atom is 0.236 e. The highest BCUT2D eigenvalue weighted by atomic mass is 16.2. The Morgan fingerprint density at radius 3 is 2.16 bits per heavy atom. The topological polar surface area (TPSA) is 35.6 Å². The van der Waals surface area contributed by atoms with Crippen molar-refractivity contribution in [3.63, 3.8) is 0 Å². The summed E-state index contributed by atoms with van der Waals surface area (Å²) in [5.41, 5.74) is 0.506. The second kappa shape index (κ2) is 6.71. The first kappa shape index (κ1) is 14.8. The molecule has 0 spiro atoms. The molecule has 0 atom stereocenters. The van der Waals surface area contributed by atoms with E-state index in [1.807, 2.05) is 0 Å². The van der Waals surface area contributed by atoms with Gasteiger partial charge in [0.25, 0.3) is 0 Å². The Morgan fingerprint density at radius 2 is 1.63 bits per heavy atom. The highest BCUT2D eigenvalue weighted by molar-refractivity contribution is 5.78. The summed E-state index contributed by atoms with van der Waals surface area (Å²) in [5, 5.41) is 3.33. The predicted molar refractivity (Wildman–Crippen MR) is 78.1 cm³/mol. The van der Waals surface area contributed by atoms with Gasteiger partial charge in [-0.1, -0.05) is 26.7 Å². The molecule has 0 bridgehead atoms. The van der Waals surface area contributed by atoms with Crippen LogP contribution in [0.25, 0.3) is 0 Å². The summed E-state index contributed by atoms with van der Waals surface area (Å²) < 4.78 is 0. The maximum absolute atomic E-state index is 12.3. The minimum Gasteiger partial charge on any atom is -0.342 e. The van der Waals surface area contributed by atoms with Crippen molar-refractivity contribution in [2.75, 3.05) is 45.8 Å². The van der Waals surface area contributed by atoms with Crippen molar-refractivity contribution >= 4 is 5.91 Å². The van der Waals surface area contributed by atoms with Gasteiger partial charge in [-0.3, -0.25) is 9.69 Å². The Bertz CT molecular complexity index is 286. The third-order valence-electron chi connectivity index (χ3n) is 5.25. The maximum atomic E-state index is 12.3. The van der Waals surface area contributed by atoms with E-state index >= 15 is 0 Å². The van der Waals surface area contributed by atoms with Crippen molar-refractivity contribution in [2.24, 2.45) is 5.41 Å². The molecule has 2 heterocycles. The van der Waals surface area contributed by atoms with Gasteiger partial charge in [0.1, 0.15) is 0 Å². The van der Waals surface area contributed by atoms with E-state index in [0.29, 0.717) is 17.9 Å². The number of rotatable bonds is 4. The molecule has 0 aromatic heterocycles. The molecule has 2 aliphatic heterocycles. The van der Waals surface area contributed by atoms with Gasteiger partial charge < -0.3 is 10.2 Å². The first-order valence-corrected chi connectivity index (χ1v) is 7.90. The summed E-state index contributed by atoms with van der Waals surface area (Å²) in [7, 11) is 0. The molecule has 110 valence electrons. The van der Waals surface area contributed by atoms with Crippen molar-refractivity contribution in [1.29, 1.82) is 0 Å². The van der Waals surface area contributed by atoms with Crippen LogP contribution < -0.4 is 5.32 Å². The number of piperidine rings is 1. The summed E-state index contributed by atoms with van der Waals surface area (Å²) >= 11 is 0. The van der Waals surface area contributed by atoms with Crippen LogP contribution in [0.1, 0.15) is 39.5 Å². The molecule has 4 nitrogen and oxygen atoms in total. The van der Waals surface area contributed by atoms with Crippen LogP contribution in [0.3, 0.4) is 0 Å². The number of likely N-dealkylation sites (tertiary alicyclic amines) is 1. The number of piperazine rings is 1. The van der Waals surface area contributed by atoms with E-state index in [9.17, 15) is 4.79 Å². The van der Waals surface area contributed by atoms with E-state index < -0.39 is 0 Å². The quantitative estimate of drug-likeness (QED) is 0.834. The molecular formula is C15H29N3O. The van der Waals surface area contributed by atoms with Crippen LogP contribution in [-0.2, 0) is 4.79 Å². The van der Waals surface area contributed by atoms with Gasteiger partial charge in [0, 0.05) is 39.3 Å². The number of amides is 1. The van der Waals surface area contributed by atoms with Gasteiger partial charge in [-0.2, -0.15) is 0 Å². The summed E-state index contributed by atoms with van der Waals surface area (Å²) in [4.78, 5) is 16.7. The van der Waals surface area contributed by atoms with Crippen molar-refractivity contribution in [3.8, 4) is 0 Å². The van der Waals surface area contributed by atoms with Gasteiger partial charge in [0.2, 0.25) is 5.91 Å². The Morgan fingerprint density at radius 1 is 1.05 bits per heavy atom. The molecule has 19 heavy (non-hydrogen) atoms. The van der Waals surface area contributed by atoms with Crippen LogP contribution in [0.4, 0.5) is 0 Å². The zero-order valence-corrected chi connectivity index (χ0v) is 12.6. The smallest absolute Gasteiger partial charge is 0.236 e. The molecule has 1 N–H and O–H groups in total. The standard InChI is InChI=1S/C15H29N3O/c1-3-15(4-2)5-9-18(10-6-15)14(19)13-17-11-7-16-8-12-17/h16H,3-13H2,1-2H3. The SMILES string of the molecule is CCC1(CC)CCN(C(=O)CN2CCNCC2)CC1. The molecule has 0 unspecified atom stereocenters. The van der Waals surface area contributed by atoms with Crippen molar-refractivity contribution in [1.82, 2.24) is 15.1 Å². The molecule has 2 aliphatic rings. The lowest BCUT2D eigenvalue weighted by Gasteiger charge is -2.41. The third kappa shape index (κ3) is 3.69. The summed E-state index contributed by atoms with van der Waals surface area (Å²) in [6.07, 6.45) is 4.88. The third-order valence-corrected chi connectivity index (χ3v) is 5.25. The molecule has 2 fully saturated rings. The fourth-order valence-electron chi connectivity index (χ4n) is 3.35. The van der Waals surface area contributed by atoms with Crippen LogP contribution >= 0.6 is 0 Å². The van der Waals surface area contributed by atoms with Crippen LogP contribution in [0.15, 0.2) is 0 Å². The molecule has 0 aromatic rings. The average molecular weight is 267 g/mol. The minimum absolute atomic E-state index is 0.336. The van der Waals surface area contributed by atoms with Gasteiger partial charge in [-0.15, -0.1) is 0 Å². The number of nitrogens with one attached hydrogen (secondary N) is 1. The molecule has 2 saturated heterocycles. The Labute approximate surface area is 117 Å². The van der Waals surface area contributed by atoms with Gasteiger partial charge >= 0.3 is 0 Å². The first-order chi connectivity index (χ1) is 9.19. The molecule has 0 aliphatic carbocycles. The largest absolute Gasteiger partial charge is 0.342 e. The second-order valence-corrected chi connectivity index (χ2v) is 6.11. The fourth-order valence-corrected chi connectivity index (χ4v) is 3.35. The molecule has 0 radical (unpaired) electrons. The van der Waals surface area contributed by atoms with E-state index in [4.69, 9.17) is 0 Å². The summed E-state index contributed by atoms with van der Waals surface area (Å²) in [5.74, 6) is 0.336. The normalized spacial score (nSPS) is 24.4. The predicted octanol–water partition coefficient (Wildman–Crippen LogP) is 1.32. The molecule has 0 aromatic carbocycles. The van der Waals surface area contributed by atoms with Gasteiger partial charge in [0.05, 0.1) is 6.54 Å². The van der Waals surface area contributed by atoms with Crippen LogP contribution in [0.5, 0.6) is 0 Å². The fraction of sp³-hybridized carbons (Fsp3) is 0.933. The lowest BCUT2D eigenvalue weighted by atomic mass is 9.74. The lowest BCUT2D eigenvalue weighted by molar-refractivity contribution is -0.135. The van der Waals surface area contributed by atoms with Crippen molar-refractivity contribution in [2.45, 2.75) is 39.5 Å². The number of hydrogen-bond acceptors (Lipinski definition) is 3. The molecule has 0 saturated carbocycles. The molecule has 2 rings (SSSR count). The monoisotopic (exact) mass is 267 g/mol. The van der Waals surface area contributed by atoms with Crippen molar-refractivity contribution in [3.05, 3.63) is 0 Å². The van der Waals surface area contributed by atoms with E-state index in [-0.39, 0.29) is 0 Å². The van der Waals surface area contributed by atoms with Crippen LogP contribution in [-0.4, -0.2) is 61.5 Å². The van der Waals surface area contributed by atoms with Gasteiger partial charge in [0.15, 0.2) is 0 Å². The van der Waals surface area contributed by atoms with Crippen LogP contribution in [0, 0.1) is 5.41 Å². The van der Waals surface area contributed by atoms with Crippen LogP contribution in [0.2, 0.25) is 0 Å². The minimum atomic E-state index is 0.336. The Kier molecular flexibility index (Phi) is 5.22. The molecular weight excluding hydrogens is 238 g/mol. The van der Waals surface area contributed by atoms with E-state index in [2.05, 4.69) is 29.0 Å². The lowest BCUT2D eigenvalue weighted by Crippen LogP contribution is -2.50. The zero-order chi connectivity index (χ0) is 13.7. The highest BCUT2D eigenvalue weighted by Gasteiger charge is 2.33. The Hall–Kier alpha value is -0.610. The summed E-state index contributed by atoms with van der Waals surface area (Å²) in [6, 6.07) is 0. The second-order valence-electron chi connectivity index (χ2n) is 6.11. The summed E-state index contributed by atoms with van der Waals surface area (Å²) in [6.45, 7) is 11.2. The molecule has 1 amide bonds.